The molecule has 1 unspecified atom stereocenters. The summed E-state index contributed by atoms with van der Waals surface area (Å²) in [5.74, 6) is -0.861. The van der Waals surface area contributed by atoms with Crippen LogP contribution in [0.25, 0.3) is 6.08 Å². The number of carbonyl (C=O) groups is 1. The number of hydrogen-bond acceptors (Lipinski definition) is 2. The van der Waals surface area contributed by atoms with E-state index in [0.29, 0.717) is 11.6 Å². The Morgan fingerprint density at radius 1 is 1.14 bits per heavy atom. The van der Waals surface area contributed by atoms with Crippen LogP contribution in [0.4, 0.5) is 0 Å². The summed E-state index contributed by atoms with van der Waals surface area (Å²) in [5, 5.41) is 8.93. The Bertz CT molecular complexity index is 520. The summed E-state index contributed by atoms with van der Waals surface area (Å²) in [6, 6.07) is 7.83. The van der Waals surface area contributed by atoms with Crippen LogP contribution in [-0.2, 0) is 0 Å². The molecule has 4 heteroatoms. The van der Waals surface area contributed by atoms with Gasteiger partial charge in [-0.15, -0.1) is 0 Å². The van der Waals surface area contributed by atoms with Crippen LogP contribution in [0.1, 0.15) is 48.0 Å². The molecule has 0 aromatic heterocycles. The van der Waals surface area contributed by atoms with E-state index in [9.17, 15) is 4.79 Å². The van der Waals surface area contributed by atoms with E-state index in [1.165, 1.54) is 50.8 Å². The van der Waals surface area contributed by atoms with E-state index in [0.717, 1.165) is 5.56 Å². The van der Waals surface area contributed by atoms with E-state index in [-0.39, 0.29) is 29.6 Å². The summed E-state index contributed by atoms with van der Waals surface area (Å²) in [6.07, 6.45) is 8.67. The van der Waals surface area contributed by atoms with Crippen molar-refractivity contribution < 1.29 is 9.90 Å². The predicted octanol–water partition coefficient (Wildman–Crippen LogP) is 2.77. The van der Waals surface area contributed by atoms with Gasteiger partial charge in [0.1, 0.15) is 0 Å². The fourth-order valence-electron chi connectivity index (χ4n) is 3.19. The Kier molecular flexibility index (Phi) is 6.06. The van der Waals surface area contributed by atoms with Gasteiger partial charge in [0.2, 0.25) is 0 Å². The van der Waals surface area contributed by atoms with Gasteiger partial charge in [0.05, 0.1) is 5.56 Å². The Balaban J connectivity index is 0.00000161. The summed E-state index contributed by atoms with van der Waals surface area (Å²) < 4.78 is 0. The molecule has 0 radical (unpaired) electrons. The van der Waals surface area contributed by atoms with E-state index in [1.807, 2.05) is 12.1 Å². The number of likely N-dealkylation sites (tertiary alicyclic amines) is 1. The van der Waals surface area contributed by atoms with Crippen LogP contribution >= 0.6 is 0 Å². The Hall–Kier alpha value is -0.610. The van der Waals surface area contributed by atoms with E-state index < -0.39 is 5.97 Å². The van der Waals surface area contributed by atoms with Crippen LogP contribution in [0.3, 0.4) is 0 Å². The molecule has 1 aliphatic heterocycles. The molecule has 21 heavy (non-hydrogen) atoms. The quantitative estimate of drug-likeness (QED) is 0.872. The van der Waals surface area contributed by atoms with Gasteiger partial charge in [-0.3, -0.25) is 4.90 Å². The van der Waals surface area contributed by atoms with Crippen LogP contribution in [-0.4, -0.2) is 64.7 Å². The third-order valence-corrected chi connectivity index (χ3v) is 4.46. The number of nitrogens with zero attached hydrogens (tertiary/aromatic N) is 1. The van der Waals surface area contributed by atoms with Gasteiger partial charge < -0.3 is 5.11 Å². The minimum absolute atomic E-state index is 0. The van der Waals surface area contributed by atoms with E-state index in [2.05, 4.69) is 11.0 Å². The fourth-order valence-corrected chi connectivity index (χ4v) is 3.19. The molecule has 1 heterocycles. The molecule has 2 fully saturated rings. The Labute approximate surface area is 148 Å². The maximum absolute atomic E-state index is 10.9. The van der Waals surface area contributed by atoms with E-state index >= 15 is 0 Å². The van der Waals surface area contributed by atoms with Crippen molar-refractivity contribution in [2.24, 2.45) is 0 Å². The molecule has 3 rings (SSSR count). The van der Waals surface area contributed by atoms with Gasteiger partial charge in [-0.05, 0) is 56.5 Å². The molecular formula is C17H22NNaO2. The first-order valence-corrected chi connectivity index (χ1v) is 7.52. The zero-order valence-corrected chi connectivity index (χ0v) is 11.7. The number of carboxylic acids is 1. The second-order valence-corrected chi connectivity index (χ2v) is 5.80. The number of rotatable bonds is 3. The van der Waals surface area contributed by atoms with Crippen molar-refractivity contribution in [2.75, 3.05) is 13.1 Å². The monoisotopic (exact) mass is 295 g/mol. The minimum atomic E-state index is -0.861. The molecule has 3 nitrogen and oxygen atoms in total. The summed E-state index contributed by atoms with van der Waals surface area (Å²) in [5.41, 5.74) is 3.01. The second kappa shape index (κ2) is 7.59. The van der Waals surface area contributed by atoms with Crippen molar-refractivity contribution >= 4 is 41.6 Å². The number of carboxylic acid groups (broad SMARTS) is 1. The van der Waals surface area contributed by atoms with Crippen molar-refractivity contribution in [3.63, 3.8) is 0 Å². The molecule has 1 atom stereocenters. The fraction of sp³-hybridized carbons (Fsp3) is 0.471. The molecule has 0 spiro atoms. The first-order chi connectivity index (χ1) is 9.74. The topological polar surface area (TPSA) is 40.5 Å². The van der Waals surface area contributed by atoms with Crippen molar-refractivity contribution in [1.29, 1.82) is 0 Å². The zero-order chi connectivity index (χ0) is 13.9. The van der Waals surface area contributed by atoms with Crippen LogP contribution in [0, 0.1) is 0 Å². The molecule has 0 amide bonds. The summed E-state index contributed by atoms with van der Waals surface area (Å²) >= 11 is 0. The molecule has 2 aliphatic rings. The molecular weight excluding hydrogens is 273 g/mol. The molecule has 1 aromatic carbocycles. The van der Waals surface area contributed by atoms with Crippen molar-refractivity contribution in [2.45, 2.75) is 38.1 Å². The molecule has 108 valence electrons. The standard InChI is InChI=1S/C17H21NO2.Na.H/c19-17(20)14-8-6-13(7-9-14)12-15-4-1-2-5-16(15)18-10-3-11-18;;/h6-9,12,16H,1-5,10-11H2,(H,19,20);;. The van der Waals surface area contributed by atoms with Crippen LogP contribution in [0.5, 0.6) is 0 Å². The first kappa shape index (κ1) is 16.8. The van der Waals surface area contributed by atoms with Crippen LogP contribution < -0.4 is 0 Å². The van der Waals surface area contributed by atoms with Crippen molar-refractivity contribution in [3.05, 3.63) is 41.0 Å². The van der Waals surface area contributed by atoms with Crippen LogP contribution in [0.2, 0.25) is 0 Å². The van der Waals surface area contributed by atoms with Gasteiger partial charge in [0.15, 0.2) is 0 Å². The molecule has 1 N–H and O–H groups in total. The molecule has 0 bridgehead atoms. The predicted molar refractivity (Wildman–Crippen MR) is 87.0 cm³/mol. The molecule has 1 aliphatic carbocycles. The summed E-state index contributed by atoms with van der Waals surface area (Å²) in [4.78, 5) is 13.4. The van der Waals surface area contributed by atoms with Gasteiger partial charge in [0.25, 0.3) is 0 Å². The van der Waals surface area contributed by atoms with Crippen molar-refractivity contribution in [3.8, 4) is 0 Å². The Morgan fingerprint density at radius 2 is 1.86 bits per heavy atom. The maximum atomic E-state index is 10.9. The average Bonchev–Trinajstić information content (AvgIpc) is 2.39. The number of benzene rings is 1. The number of hydrogen-bond donors (Lipinski definition) is 1. The number of aromatic carboxylic acids is 1. The van der Waals surface area contributed by atoms with Crippen LogP contribution in [0.15, 0.2) is 29.8 Å². The van der Waals surface area contributed by atoms with Crippen molar-refractivity contribution in [1.82, 2.24) is 4.90 Å². The van der Waals surface area contributed by atoms with Gasteiger partial charge in [-0.1, -0.05) is 30.2 Å². The van der Waals surface area contributed by atoms with E-state index in [1.54, 1.807) is 12.1 Å². The van der Waals surface area contributed by atoms with Gasteiger partial charge in [-0.2, -0.15) is 0 Å². The second-order valence-electron chi connectivity index (χ2n) is 5.80. The molecule has 1 saturated heterocycles. The third-order valence-electron chi connectivity index (χ3n) is 4.46. The summed E-state index contributed by atoms with van der Waals surface area (Å²) in [6.45, 7) is 2.47. The normalized spacial score (nSPS) is 24.2. The third kappa shape index (κ3) is 3.98. The van der Waals surface area contributed by atoms with E-state index in [4.69, 9.17) is 5.11 Å². The SMILES string of the molecule is O=C(O)c1ccc(C=C2CCCCC2N2CCC2)cc1.[NaH]. The average molecular weight is 295 g/mol. The van der Waals surface area contributed by atoms with Gasteiger partial charge >= 0.3 is 35.5 Å². The molecule has 1 aromatic rings. The zero-order valence-electron chi connectivity index (χ0n) is 11.7. The van der Waals surface area contributed by atoms with Gasteiger partial charge in [0, 0.05) is 6.04 Å². The Morgan fingerprint density at radius 3 is 2.43 bits per heavy atom. The van der Waals surface area contributed by atoms with Gasteiger partial charge in [-0.25, -0.2) is 4.79 Å². The molecule has 1 saturated carbocycles. The first-order valence-electron chi connectivity index (χ1n) is 7.52. The summed E-state index contributed by atoms with van der Waals surface area (Å²) in [7, 11) is 0.